The average molecular weight is 347 g/mol. The molecule has 1 aromatic carbocycles. The van der Waals surface area contributed by atoms with Gasteiger partial charge in [0, 0.05) is 18.2 Å². The molecule has 2 rings (SSSR count). The third kappa shape index (κ3) is 4.17. The number of rotatable bonds is 7. The average Bonchev–Trinajstić information content (AvgIpc) is 2.83. The minimum Gasteiger partial charge on any atom is -0.497 e. The lowest BCUT2D eigenvalue weighted by atomic mass is 10.1. The molecule has 0 aliphatic carbocycles. The second-order valence-electron chi connectivity index (χ2n) is 6.51. The van der Waals surface area contributed by atoms with Crippen LogP contribution in [0.3, 0.4) is 0 Å². The number of anilines is 1. The molecule has 1 aliphatic rings. The Kier molecular flexibility index (Phi) is 5.79. The zero-order valence-electron chi connectivity index (χ0n) is 15.1. The summed E-state index contributed by atoms with van der Waals surface area (Å²) in [6.07, 6.45) is 2.95. The first-order valence-electron chi connectivity index (χ1n) is 8.40. The van der Waals surface area contributed by atoms with Crippen molar-refractivity contribution in [3.8, 4) is 5.75 Å². The van der Waals surface area contributed by atoms with Gasteiger partial charge in [-0.3, -0.25) is 9.59 Å². The van der Waals surface area contributed by atoms with Crippen molar-refractivity contribution < 1.29 is 19.4 Å². The zero-order chi connectivity index (χ0) is 18.6. The van der Waals surface area contributed by atoms with Crippen LogP contribution in [0.2, 0.25) is 0 Å². The highest BCUT2D eigenvalue weighted by molar-refractivity contribution is 6.54. The van der Waals surface area contributed by atoms with Crippen LogP contribution in [0.25, 0.3) is 0 Å². The second-order valence-corrected chi connectivity index (χ2v) is 6.51. The van der Waals surface area contributed by atoms with Crippen LogP contribution < -0.4 is 15.1 Å². The van der Waals surface area contributed by atoms with Crippen molar-refractivity contribution in [1.82, 2.24) is 5.43 Å². The predicted octanol–water partition coefficient (Wildman–Crippen LogP) is 1.82. The number of hydrogen-bond donors (Lipinski definition) is 2. The van der Waals surface area contributed by atoms with E-state index in [-0.39, 0.29) is 11.6 Å². The van der Waals surface area contributed by atoms with Crippen molar-refractivity contribution in [3.63, 3.8) is 0 Å². The van der Waals surface area contributed by atoms with E-state index in [0.717, 1.165) is 24.9 Å². The molecule has 0 aromatic heterocycles. The minimum absolute atomic E-state index is 0.159. The molecule has 0 radical (unpaired) electrons. The number of nitrogens with zero attached hydrogens (tertiary/aromatic N) is 2. The molecule has 1 aliphatic heterocycles. The number of ether oxygens (including phenoxy) is 1. The molecule has 136 valence electrons. The van der Waals surface area contributed by atoms with Gasteiger partial charge in [0.05, 0.1) is 12.8 Å². The zero-order valence-corrected chi connectivity index (χ0v) is 15.1. The number of carbonyl (C=O) groups excluding carboxylic acids is 2. The van der Waals surface area contributed by atoms with E-state index in [1.54, 1.807) is 30.2 Å². The summed E-state index contributed by atoms with van der Waals surface area (Å²) in [5.74, 6) is -0.295. The van der Waals surface area contributed by atoms with Crippen molar-refractivity contribution in [2.45, 2.75) is 45.6 Å². The molecule has 0 saturated heterocycles. The fourth-order valence-electron chi connectivity index (χ4n) is 2.51. The maximum Gasteiger partial charge on any atom is 0.279 e. The normalized spacial score (nSPS) is 15.5. The van der Waals surface area contributed by atoms with Crippen LogP contribution in [0, 0.1) is 0 Å². The van der Waals surface area contributed by atoms with Gasteiger partial charge in [-0.1, -0.05) is 19.8 Å². The fourth-order valence-corrected chi connectivity index (χ4v) is 2.51. The van der Waals surface area contributed by atoms with Gasteiger partial charge in [0.1, 0.15) is 11.4 Å². The Morgan fingerprint density at radius 1 is 1.36 bits per heavy atom. The first-order valence-corrected chi connectivity index (χ1v) is 8.40. The molecule has 0 unspecified atom stereocenters. The number of methoxy groups -OCH3 is 1. The molecule has 2 N–H and O–H groups in total. The number of fused-ring (bicyclic) bond motifs is 1. The maximum absolute atomic E-state index is 12.8. The van der Waals surface area contributed by atoms with Gasteiger partial charge < -0.3 is 14.7 Å². The number of nitrogens with one attached hydrogen (secondary N) is 1. The molecule has 25 heavy (non-hydrogen) atoms. The van der Waals surface area contributed by atoms with Gasteiger partial charge in [-0.2, -0.15) is 5.10 Å². The number of benzene rings is 1. The molecule has 0 atom stereocenters. The number of unbranched alkanes of at least 4 members (excludes halogenated alkanes) is 2. The van der Waals surface area contributed by atoms with Gasteiger partial charge in [-0.05, 0) is 32.4 Å². The van der Waals surface area contributed by atoms with Crippen LogP contribution in [-0.2, 0) is 9.59 Å². The summed E-state index contributed by atoms with van der Waals surface area (Å²) in [6, 6.07) is 5.29. The molecule has 7 heteroatoms. The summed E-state index contributed by atoms with van der Waals surface area (Å²) < 4.78 is 5.25. The first-order chi connectivity index (χ1) is 11.8. The molecular weight excluding hydrogens is 322 g/mol. The summed E-state index contributed by atoms with van der Waals surface area (Å²) in [4.78, 5) is 26.2. The van der Waals surface area contributed by atoms with E-state index in [1.165, 1.54) is 13.8 Å². The monoisotopic (exact) mass is 347 g/mol. The standard InChI is InChI=1S/C18H25N3O4/c1-5-6-7-10-21-14-11-12(25-4)8-9-13(14)15(16(21)22)19-20-17(23)18(2,3)24/h8-9,11,24H,5-7,10H2,1-4H3,(H,20,23)/b19-15-. The molecular formula is C18H25N3O4. The summed E-state index contributed by atoms with van der Waals surface area (Å²) in [6.45, 7) is 5.39. The molecule has 2 amide bonds. The SMILES string of the molecule is CCCCCN1C(=O)/C(=N\NC(=O)C(C)(C)O)c2ccc(OC)cc21. The lowest BCUT2D eigenvalue weighted by Gasteiger charge is -2.17. The van der Waals surface area contributed by atoms with Crippen LogP contribution in [0.15, 0.2) is 23.3 Å². The van der Waals surface area contributed by atoms with Gasteiger partial charge in [0.2, 0.25) is 0 Å². The molecule has 1 aromatic rings. The second kappa shape index (κ2) is 7.65. The minimum atomic E-state index is -1.57. The van der Waals surface area contributed by atoms with Gasteiger partial charge >= 0.3 is 0 Å². The van der Waals surface area contributed by atoms with Gasteiger partial charge in [0.25, 0.3) is 11.8 Å². The van der Waals surface area contributed by atoms with E-state index in [9.17, 15) is 14.7 Å². The van der Waals surface area contributed by atoms with Crippen molar-refractivity contribution >= 4 is 23.2 Å². The largest absolute Gasteiger partial charge is 0.497 e. The van der Waals surface area contributed by atoms with E-state index in [1.807, 2.05) is 0 Å². The third-order valence-electron chi connectivity index (χ3n) is 4.01. The Morgan fingerprint density at radius 3 is 2.68 bits per heavy atom. The third-order valence-corrected chi connectivity index (χ3v) is 4.01. The smallest absolute Gasteiger partial charge is 0.279 e. The van der Waals surface area contributed by atoms with Crippen molar-refractivity contribution in [1.29, 1.82) is 0 Å². The molecule has 0 fully saturated rings. The Balaban J connectivity index is 2.33. The highest BCUT2D eigenvalue weighted by Gasteiger charge is 2.35. The summed E-state index contributed by atoms with van der Waals surface area (Å²) in [5.41, 5.74) is 2.21. The number of aliphatic hydroxyl groups is 1. The van der Waals surface area contributed by atoms with Crippen LogP contribution >= 0.6 is 0 Å². The topological polar surface area (TPSA) is 91.2 Å². The van der Waals surface area contributed by atoms with Crippen molar-refractivity contribution in [3.05, 3.63) is 23.8 Å². The van der Waals surface area contributed by atoms with Gasteiger partial charge in [0.15, 0.2) is 5.71 Å². The van der Waals surface area contributed by atoms with Gasteiger partial charge in [-0.15, -0.1) is 0 Å². The Labute approximate surface area is 147 Å². The first kappa shape index (κ1) is 18.9. The quantitative estimate of drug-likeness (QED) is 0.581. The summed E-state index contributed by atoms with van der Waals surface area (Å²) in [7, 11) is 1.57. The molecule has 0 bridgehead atoms. The predicted molar refractivity (Wildman–Crippen MR) is 95.8 cm³/mol. The number of hydrogen-bond acceptors (Lipinski definition) is 5. The molecule has 1 heterocycles. The van der Waals surface area contributed by atoms with E-state index >= 15 is 0 Å². The highest BCUT2D eigenvalue weighted by atomic mass is 16.5. The van der Waals surface area contributed by atoms with Crippen LogP contribution in [0.1, 0.15) is 45.6 Å². The van der Waals surface area contributed by atoms with Crippen LogP contribution in [0.5, 0.6) is 5.75 Å². The fraction of sp³-hybridized carbons (Fsp3) is 0.500. The molecule has 0 saturated carbocycles. The molecule has 0 spiro atoms. The van der Waals surface area contributed by atoms with Gasteiger partial charge in [-0.25, -0.2) is 5.43 Å². The summed E-state index contributed by atoms with van der Waals surface area (Å²) >= 11 is 0. The van der Waals surface area contributed by atoms with E-state index in [4.69, 9.17) is 4.74 Å². The summed E-state index contributed by atoms with van der Waals surface area (Å²) in [5, 5.41) is 13.7. The van der Waals surface area contributed by atoms with Crippen molar-refractivity contribution in [2.24, 2.45) is 5.10 Å². The lowest BCUT2D eigenvalue weighted by molar-refractivity contribution is -0.136. The Hall–Kier alpha value is -2.41. The highest BCUT2D eigenvalue weighted by Crippen LogP contribution is 2.33. The lowest BCUT2D eigenvalue weighted by Crippen LogP contribution is -2.40. The Bertz CT molecular complexity index is 692. The van der Waals surface area contributed by atoms with E-state index in [2.05, 4.69) is 17.5 Å². The number of carbonyl (C=O) groups is 2. The van der Waals surface area contributed by atoms with Crippen LogP contribution in [0.4, 0.5) is 5.69 Å². The maximum atomic E-state index is 12.8. The van der Waals surface area contributed by atoms with Crippen molar-refractivity contribution in [2.75, 3.05) is 18.6 Å². The number of hydrazone groups is 1. The van der Waals surface area contributed by atoms with E-state index < -0.39 is 11.5 Å². The van der Waals surface area contributed by atoms with E-state index in [0.29, 0.717) is 17.9 Å². The Morgan fingerprint density at radius 2 is 2.08 bits per heavy atom. The number of amides is 2. The molecule has 7 nitrogen and oxygen atoms in total. The van der Waals surface area contributed by atoms with Crippen LogP contribution in [-0.4, -0.2) is 41.9 Å².